The van der Waals surface area contributed by atoms with Gasteiger partial charge in [-0.05, 0) is 11.8 Å². The Morgan fingerprint density at radius 1 is 1.42 bits per heavy atom. The molecule has 0 aliphatic rings. The zero-order valence-corrected chi connectivity index (χ0v) is 9.15. The Labute approximate surface area is 78.5 Å². The summed E-state index contributed by atoms with van der Waals surface area (Å²) in [6.45, 7) is 4.33. The highest BCUT2D eigenvalue weighted by Gasteiger charge is 2.19. The molecule has 0 heterocycles. The van der Waals surface area contributed by atoms with Gasteiger partial charge in [0.25, 0.3) is 0 Å². The first kappa shape index (κ1) is 12.2. The number of methoxy groups -OCH3 is 1. The molecular formula is C7H15ClO3S. The lowest BCUT2D eigenvalue weighted by Crippen LogP contribution is -2.22. The fourth-order valence-electron chi connectivity index (χ4n) is 0.903. The fourth-order valence-corrected chi connectivity index (χ4v) is 2.38. The van der Waals surface area contributed by atoms with Crippen molar-refractivity contribution in [3.05, 3.63) is 0 Å². The van der Waals surface area contributed by atoms with Crippen molar-refractivity contribution < 1.29 is 13.2 Å². The molecule has 0 amide bonds. The van der Waals surface area contributed by atoms with Gasteiger partial charge < -0.3 is 4.74 Å². The summed E-state index contributed by atoms with van der Waals surface area (Å²) in [5.41, 5.74) is 0. The molecule has 0 fully saturated rings. The summed E-state index contributed by atoms with van der Waals surface area (Å²) < 4.78 is 26.3. The van der Waals surface area contributed by atoms with Gasteiger partial charge in [0, 0.05) is 17.8 Å². The molecule has 74 valence electrons. The van der Waals surface area contributed by atoms with Gasteiger partial charge in [-0.25, -0.2) is 8.42 Å². The van der Waals surface area contributed by atoms with E-state index in [1.54, 1.807) is 7.11 Å². The molecule has 0 saturated carbocycles. The molecule has 0 aliphatic carbocycles. The summed E-state index contributed by atoms with van der Waals surface area (Å²) in [7, 11) is 3.28. The van der Waals surface area contributed by atoms with Crippen molar-refractivity contribution >= 4 is 19.7 Å². The zero-order chi connectivity index (χ0) is 9.78. The van der Waals surface area contributed by atoms with Crippen LogP contribution in [0.1, 0.15) is 13.8 Å². The van der Waals surface area contributed by atoms with Crippen LogP contribution in [0.2, 0.25) is 0 Å². The normalized spacial score (nSPS) is 15.1. The number of rotatable bonds is 5. The first-order valence-corrected chi connectivity index (χ1v) is 6.26. The third-order valence-electron chi connectivity index (χ3n) is 1.74. The molecule has 0 radical (unpaired) electrons. The van der Waals surface area contributed by atoms with Crippen molar-refractivity contribution in [2.24, 2.45) is 11.8 Å². The minimum atomic E-state index is -3.40. The standard InChI is InChI=1S/C7H15ClO3S/c1-6(2)7(4-11-3)5-12(8,9)10/h6-7H,4-5H2,1-3H3. The molecule has 0 bridgehead atoms. The molecular weight excluding hydrogens is 200 g/mol. The summed E-state index contributed by atoms with van der Waals surface area (Å²) >= 11 is 0. The third-order valence-corrected chi connectivity index (χ3v) is 2.94. The van der Waals surface area contributed by atoms with Crippen LogP contribution < -0.4 is 0 Å². The van der Waals surface area contributed by atoms with Crippen molar-refractivity contribution in [2.75, 3.05) is 19.5 Å². The second-order valence-electron chi connectivity index (χ2n) is 3.16. The second-order valence-corrected chi connectivity index (χ2v) is 5.99. The minimum absolute atomic E-state index is 0.0138. The van der Waals surface area contributed by atoms with E-state index >= 15 is 0 Å². The molecule has 0 rings (SSSR count). The number of halogens is 1. The van der Waals surface area contributed by atoms with Crippen LogP contribution in [0, 0.1) is 11.8 Å². The van der Waals surface area contributed by atoms with Crippen LogP contribution in [0.3, 0.4) is 0 Å². The highest BCUT2D eigenvalue weighted by molar-refractivity contribution is 8.13. The Morgan fingerprint density at radius 2 is 1.92 bits per heavy atom. The summed E-state index contributed by atoms with van der Waals surface area (Å²) in [4.78, 5) is 0. The van der Waals surface area contributed by atoms with Crippen LogP contribution in [0.25, 0.3) is 0 Å². The molecule has 12 heavy (non-hydrogen) atoms. The van der Waals surface area contributed by atoms with E-state index < -0.39 is 9.05 Å². The fraction of sp³-hybridized carbons (Fsp3) is 1.00. The third kappa shape index (κ3) is 5.80. The minimum Gasteiger partial charge on any atom is -0.384 e. The van der Waals surface area contributed by atoms with Crippen LogP contribution in [0.4, 0.5) is 0 Å². The lowest BCUT2D eigenvalue weighted by molar-refractivity contribution is 0.140. The molecule has 0 aromatic heterocycles. The van der Waals surface area contributed by atoms with Gasteiger partial charge in [-0.1, -0.05) is 13.8 Å². The molecule has 3 nitrogen and oxygen atoms in total. The van der Waals surface area contributed by atoms with Gasteiger partial charge in [0.15, 0.2) is 0 Å². The van der Waals surface area contributed by atoms with Crippen LogP contribution in [0.5, 0.6) is 0 Å². The number of hydrogen-bond donors (Lipinski definition) is 0. The molecule has 1 atom stereocenters. The molecule has 0 aliphatic heterocycles. The highest BCUT2D eigenvalue weighted by Crippen LogP contribution is 2.15. The van der Waals surface area contributed by atoms with Crippen LogP contribution in [0.15, 0.2) is 0 Å². The Hall–Kier alpha value is 0.200. The highest BCUT2D eigenvalue weighted by atomic mass is 35.7. The Balaban J connectivity index is 4.14. The first-order chi connectivity index (χ1) is 5.37. The van der Waals surface area contributed by atoms with Gasteiger partial charge in [0.1, 0.15) is 0 Å². The van der Waals surface area contributed by atoms with E-state index in [0.717, 1.165) is 0 Å². The van der Waals surface area contributed by atoms with E-state index in [-0.39, 0.29) is 17.6 Å². The summed E-state index contributed by atoms with van der Waals surface area (Å²) in [5, 5.41) is 0. The van der Waals surface area contributed by atoms with Crippen molar-refractivity contribution in [3.63, 3.8) is 0 Å². The average molecular weight is 215 g/mol. The molecule has 0 aromatic carbocycles. The molecule has 0 saturated heterocycles. The van der Waals surface area contributed by atoms with Gasteiger partial charge >= 0.3 is 0 Å². The Bertz CT molecular complexity index is 211. The maximum absolute atomic E-state index is 10.7. The largest absolute Gasteiger partial charge is 0.384 e. The van der Waals surface area contributed by atoms with Gasteiger partial charge in [0.2, 0.25) is 9.05 Å². The van der Waals surface area contributed by atoms with Gasteiger partial charge in [-0.2, -0.15) is 0 Å². The van der Waals surface area contributed by atoms with E-state index in [0.29, 0.717) is 6.61 Å². The van der Waals surface area contributed by atoms with Crippen LogP contribution >= 0.6 is 10.7 Å². The number of hydrogen-bond acceptors (Lipinski definition) is 3. The monoisotopic (exact) mass is 214 g/mol. The topological polar surface area (TPSA) is 43.4 Å². The lowest BCUT2D eigenvalue weighted by Gasteiger charge is -2.17. The summed E-state index contributed by atoms with van der Waals surface area (Å²) in [6, 6.07) is 0. The second kappa shape index (κ2) is 5.04. The van der Waals surface area contributed by atoms with Crippen molar-refractivity contribution in [3.8, 4) is 0 Å². The number of ether oxygens (including phenoxy) is 1. The molecule has 0 spiro atoms. The van der Waals surface area contributed by atoms with Gasteiger partial charge in [-0.3, -0.25) is 0 Å². The van der Waals surface area contributed by atoms with Crippen LogP contribution in [-0.2, 0) is 13.8 Å². The zero-order valence-electron chi connectivity index (χ0n) is 7.58. The maximum atomic E-state index is 10.7. The van der Waals surface area contributed by atoms with Crippen LogP contribution in [-0.4, -0.2) is 27.9 Å². The Morgan fingerprint density at radius 3 is 2.17 bits per heavy atom. The first-order valence-electron chi connectivity index (χ1n) is 3.78. The smallest absolute Gasteiger partial charge is 0.232 e. The van der Waals surface area contributed by atoms with Crippen molar-refractivity contribution in [1.82, 2.24) is 0 Å². The average Bonchev–Trinajstić information content (AvgIpc) is 1.83. The van der Waals surface area contributed by atoms with Crippen molar-refractivity contribution in [2.45, 2.75) is 13.8 Å². The molecule has 1 unspecified atom stereocenters. The van der Waals surface area contributed by atoms with Crippen molar-refractivity contribution in [1.29, 1.82) is 0 Å². The predicted molar refractivity (Wildman–Crippen MR) is 49.8 cm³/mol. The maximum Gasteiger partial charge on any atom is 0.232 e. The van der Waals surface area contributed by atoms with E-state index in [1.807, 2.05) is 13.8 Å². The molecule has 5 heteroatoms. The van der Waals surface area contributed by atoms with E-state index in [2.05, 4.69) is 0 Å². The predicted octanol–water partition coefficient (Wildman–Crippen LogP) is 1.47. The lowest BCUT2D eigenvalue weighted by atomic mass is 9.99. The summed E-state index contributed by atoms with van der Waals surface area (Å²) in [5.74, 6) is 0.232. The van der Waals surface area contributed by atoms with Gasteiger partial charge in [-0.15, -0.1) is 0 Å². The van der Waals surface area contributed by atoms with E-state index in [9.17, 15) is 8.42 Å². The molecule has 0 aromatic rings. The van der Waals surface area contributed by atoms with E-state index in [4.69, 9.17) is 15.4 Å². The quantitative estimate of drug-likeness (QED) is 0.651. The van der Waals surface area contributed by atoms with E-state index in [1.165, 1.54) is 0 Å². The summed E-state index contributed by atoms with van der Waals surface area (Å²) in [6.07, 6.45) is 0. The van der Waals surface area contributed by atoms with Gasteiger partial charge in [0.05, 0.1) is 12.4 Å². The SMILES string of the molecule is COCC(CS(=O)(=O)Cl)C(C)C. The Kier molecular flexibility index (Phi) is 5.13. The molecule has 0 N–H and O–H groups in total.